The van der Waals surface area contributed by atoms with Gasteiger partial charge in [-0.15, -0.1) is 0 Å². The van der Waals surface area contributed by atoms with Crippen LogP contribution in [0.2, 0.25) is 0 Å². The lowest BCUT2D eigenvalue weighted by Crippen LogP contribution is -1.85. The zero-order valence-corrected chi connectivity index (χ0v) is 5.97. The predicted octanol–water partition coefficient (Wildman–Crippen LogP) is 2.01. The average molecular weight is 128 g/mol. The van der Waals surface area contributed by atoms with E-state index >= 15 is 0 Å². The summed E-state index contributed by atoms with van der Waals surface area (Å²) in [7, 11) is 0. The number of hydrogen-bond acceptors (Lipinski definition) is 2. The normalized spacial score (nSPS) is 10.4. The van der Waals surface area contributed by atoms with E-state index in [9.17, 15) is 0 Å². The zero-order valence-electron chi connectivity index (χ0n) is 5.97. The maximum atomic E-state index is 4.84. The van der Waals surface area contributed by atoms with Crippen molar-refractivity contribution >= 4 is 6.21 Å². The Morgan fingerprint density at radius 2 is 2.44 bits per heavy atom. The van der Waals surface area contributed by atoms with E-state index in [1.807, 2.05) is 0 Å². The Hall–Kier alpha value is -0.530. The van der Waals surface area contributed by atoms with Crippen molar-refractivity contribution in [1.29, 1.82) is 0 Å². The van der Waals surface area contributed by atoms with Gasteiger partial charge in [-0.1, -0.05) is 18.5 Å². The van der Waals surface area contributed by atoms with Gasteiger partial charge in [-0.2, -0.15) is 0 Å². The quantitative estimate of drug-likeness (QED) is 0.315. The summed E-state index contributed by atoms with van der Waals surface area (Å²) >= 11 is 0. The van der Waals surface area contributed by atoms with E-state index in [0.29, 0.717) is 6.42 Å². The summed E-state index contributed by atoms with van der Waals surface area (Å²) in [6.07, 6.45) is 4.59. The van der Waals surface area contributed by atoms with Crippen LogP contribution in [0.4, 0.5) is 0 Å². The van der Waals surface area contributed by atoms with Crippen molar-refractivity contribution in [2.24, 2.45) is 5.16 Å². The van der Waals surface area contributed by atoms with Crippen molar-refractivity contribution in [2.75, 3.05) is 6.61 Å². The summed E-state index contributed by atoms with van der Waals surface area (Å²) in [6.45, 7) is 6.42. The highest BCUT2D eigenvalue weighted by atomic mass is 16.6. The van der Waals surface area contributed by atoms with Gasteiger partial charge in [0.25, 0.3) is 0 Å². The molecule has 0 aliphatic rings. The van der Waals surface area contributed by atoms with Gasteiger partial charge in [-0.05, 0) is 19.8 Å². The molecule has 0 heterocycles. The van der Waals surface area contributed by atoms with Gasteiger partial charge in [0, 0.05) is 6.21 Å². The second kappa shape index (κ2) is 7.47. The van der Waals surface area contributed by atoms with Crippen LogP contribution in [0.3, 0.4) is 0 Å². The van der Waals surface area contributed by atoms with Crippen molar-refractivity contribution in [3.8, 4) is 0 Å². The van der Waals surface area contributed by atoms with Crippen molar-refractivity contribution in [3.05, 3.63) is 6.92 Å². The van der Waals surface area contributed by atoms with Gasteiger partial charge in [0.15, 0.2) is 0 Å². The molecular weight excluding hydrogens is 114 g/mol. The second-order valence-corrected chi connectivity index (χ2v) is 1.76. The fourth-order valence-electron chi connectivity index (χ4n) is 0.367. The maximum absolute atomic E-state index is 4.84. The van der Waals surface area contributed by atoms with Crippen LogP contribution in [0.15, 0.2) is 5.16 Å². The molecule has 0 bridgehead atoms. The van der Waals surface area contributed by atoms with Gasteiger partial charge in [0.2, 0.25) is 0 Å². The van der Waals surface area contributed by atoms with Crippen molar-refractivity contribution in [3.63, 3.8) is 0 Å². The lowest BCUT2D eigenvalue weighted by Gasteiger charge is -1.93. The number of rotatable bonds is 5. The van der Waals surface area contributed by atoms with Crippen LogP contribution in [-0.2, 0) is 4.84 Å². The molecule has 0 spiro atoms. The lowest BCUT2D eigenvalue weighted by molar-refractivity contribution is 0.142. The fraction of sp³-hybridized carbons (Fsp3) is 0.714. The van der Waals surface area contributed by atoms with Gasteiger partial charge in [-0.25, -0.2) is 0 Å². The van der Waals surface area contributed by atoms with Crippen LogP contribution >= 0.6 is 0 Å². The van der Waals surface area contributed by atoms with Crippen molar-refractivity contribution < 1.29 is 4.84 Å². The summed E-state index contributed by atoms with van der Waals surface area (Å²) in [5.74, 6) is 0. The molecule has 0 aliphatic carbocycles. The van der Waals surface area contributed by atoms with Crippen molar-refractivity contribution in [1.82, 2.24) is 0 Å². The van der Waals surface area contributed by atoms with Gasteiger partial charge in [0.05, 0.1) is 0 Å². The molecule has 0 aliphatic heterocycles. The monoisotopic (exact) mass is 128 g/mol. The van der Waals surface area contributed by atoms with E-state index in [1.54, 1.807) is 6.21 Å². The van der Waals surface area contributed by atoms with E-state index in [2.05, 4.69) is 19.0 Å². The number of hydrogen-bond donors (Lipinski definition) is 0. The number of oxime groups is 1. The minimum atomic E-state index is 0.701. The number of nitrogens with zero attached hydrogens (tertiary/aromatic N) is 1. The van der Waals surface area contributed by atoms with Gasteiger partial charge in [0.1, 0.15) is 6.61 Å². The van der Waals surface area contributed by atoms with Crippen molar-refractivity contribution in [2.45, 2.75) is 26.2 Å². The molecule has 2 heteroatoms. The Kier molecular flexibility index (Phi) is 7.03. The zero-order chi connectivity index (χ0) is 6.95. The van der Waals surface area contributed by atoms with Crippen LogP contribution in [-0.4, -0.2) is 12.8 Å². The molecule has 1 radical (unpaired) electrons. The molecule has 0 rings (SSSR count). The standard InChI is InChI=1S/C7H14NO/c1-3-5-7-9-8-6-4-2/h6H,2-5,7H2,1H3. The molecule has 9 heavy (non-hydrogen) atoms. The average Bonchev–Trinajstić information content (AvgIpc) is 1.89. The molecule has 0 aromatic heterocycles. The maximum Gasteiger partial charge on any atom is 0.117 e. The Morgan fingerprint density at radius 3 is 3.00 bits per heavy atom. The van der Waals surface area contributed by atoms with Gasteiger partial charge in [-0.3, -0.25) is 0 Å². The molecule has 0 unspecified atom stereocenters. The van der Waals surface area contributed by atoms with Gasteiger partial charge >= 0.3 is 0 Å². The fourth-order valence-corrected chi connectivity index (χ4v) is 0.367. The third-order valence-corrected chi connectivity index (χ3v) is 0.867. The molecule has 0 fully saturated rings. The highest BCUT2D eigenvalue weighted by Gasteiger charge is 1.79. The highest BCUT2D eigenvalue weighted by Crippen LogP contribution is 1.87. The van der Waals surface area contributed by atoms with E-state index in [0.717, 1.165) is 19.4 Å². The molecule has 0 amide bonds. The summed E-state index contributed by atoms with van der Waals surface area (Å²) in [6, 6.07) is 0. The van der Waals surface area contributed by atoms with Crippen LogP contribution in [0, 0.1) is 6.92 Å². The molecule has 0 aromatic carbocycles. The van der Waals surface area contributed by atoms with E-state index in [4.69, 9.17) is 4.84 Å². The molecule has 0 N–H and O–H groups in total. The molecule has 53 valence electrons. The first-order chi connectivity index (χ1) is 4.41. The van der Waals surface area contributed by atoms with Crippen LogP contribution in [0.1, 0.15) is 26.2 Å². The molecule has 2 nitrogen and oxygen atoms in total. The molecular formula is C7H14NO. The first-order valence-corrected chi connectivity index (χ1v) is 3.34. The minimum absolute atomic E-state index is 0.701. The summed E-state index contributed by atoms with van der Waals surface area (Å²) in [5.41, 5.74) is 0. The van der Waals surface area contributed by atoms with E-state index in [-0.39, 0.29) is 0 Å². The SMILES string of the molecule is [CH2]CC=NOCCCC. The summed E-state index contributed by atoms with van der Waals surface area (Å²) in [4.78, 5) is 4.84. The molecule has 0 saturated heterocycles. The Labute approximate surface area is 56.9 Å². The third kappa shape index (κ3) is 7.47. The van der Waals surface area contributed by atoms with E-state index in [1.165, 1.54) is 0 Å². The Morgan fingerprint density at radius 1 is 1.67 bits per heavy atom. The van der Waals surface area contributed by atoms with Gasteiger partial charge < -0.3 is 4.84 Å². The first kappa shape index (κ1) is 8.47. The molecule has 0 saturated carbocycles. The summed E-state index contributed by atoms with van der Waals surface area (Å²) < 4.78 is 0. The number of unbranched alkanes of at least 4 members (excludes halogenated alkanes) is 1. The van der Waals surface area contributed by atoms with Crippen LogP contribution < -0.4 is 0 Å². The second-order valence-electron chi connectivity index (χ2n) is 1.76. The van der Waals surface area contributed by atoms with Crippen LogP contribution in [0.25, 0.3) is 0 Å². The molecule has 0 aromatic rings. The minimum Gasteiger partial charge on any atom is -0.396 e. The smallest absolute Gasteiger partial charge is 0.117 e. The van der Waals surface area contributed by atoms with E-state index < -0.39 is 0 Å². The Bertz CT molecular complexity index is 71.3. The third-order valence-electron chi connectivity index (χ3n) is 0.867. The first-order valence-electron chi connectivity index (χ1n) is 3.34. The Balaban J connectivity index is 2.82. The molecule has 0 atom stereocenters. The predicted molar refractivity (Wildman–Crippen MR) is 39.3 cm³/mol. The lowest BCUT2D eigenvalue weighted by atomic mass is 10.4. The summed E-state index contributed by atoms with van der Waals surface area (Å²) in [5, 5.41) is 3.64. The van der Waals surface area contributed by atoms with Crippen LogP contribution in [0.5, 0.6) is 0 Å². The highest BCUT2D eigenvalue weighted by molar-refractivity contribution is 5.56. The largest absolute Gasteiger partial charge is 0.396 e. The topological polar surface area (TPSA) is 21.6 Å².